The van der Waals surface area contributed by atoms with Crippen LogP contribution in [0.15, 0.2) is 0 Å². The van der Waals surface area contributed by atoms with Gasteiger partial charge < -0.3 is 9.79 Å². The van der Waals surface area contributed by atoms with Gasteiger partial charge in [0, 0.05) is 0 Å². The Balaban J connectivity index is -0.0000000150. The second kappa shape index (κ2) is 5.15. The van der Waals surface area contributed by atoms with Crippen molar-refractivity contribution in [2.24, 2.45) is 0 Å². The van der Waals surface area contributed by atoms with E-state index in [4.69, 9.17) is 14.4 Å². The molecule has 0 aromatic heterocycles. The van der Waals surface area contributed by atoms with Gasteiger partial charge in [0.1, 0.15) is 0 Å². The van der Waals surface area contributed by atoms with Gasteiger partial charge in [-0.05, 0) is 0 Å². The van der Waals surface area contributed by atoms with Crippen LogP contribution >= 0.6 is 8.25 Å². The van der Waals surface area contributed by atoms with Gasteiger partial charge in [0.05, 0.1) is 0 Å². The molecule has 5 heavy (non-hydrogen) atoms. The topological polar surface area (TPSA) is 57.5 Å². The van der Waals surface area contributed by atoms with Crippen LogP contribution in [-0.4, -0.2) is 9.79 Å². The average molecular weight is 107 g/mol. The molecule has 0 amide bonds. The van der Waals surface area contributed by atoms with Crippen LogP contribution in [0.1, 0.15) is 2.85 Å². The van der Waals surface area contributed by atoms with Crippen LogP contribution < -0.4 is 29.6 Å². The van der Waals surface area contributed by atoms with Crippen molar-refractivity contribution in [3.05, 3.63) is 0 Å². The van der Waals surface area contributed by atoms with Gasteiger partial charge >= 0.3 is 40.7 Å². The van der Waals surface area contributed by atoms with E-state index in [-0.39, 0.29) is 32.4 Å². The molecule has 0 atom stereocenters. The Hall–Kier alpha value is 1.15. The third kappa shape index (κ3) is 38.6. The van der Waals surface area contributed by atoms with Crippen LogP contribution in [0, 0.1) is 0 Å². The minimum absolute atomic E-state index is 0. The first-order chi connectivity index (χ1) is 1.73. The van der Waals surface area contributed by atoms with Crippen LogP contribution in [-0.2, 0) is 4.57 Å². The Bertz CT molecular complexity index is 35.9. The second-order valence-electron chi connectivity index (χ2n) is 0.283. The minimum Gasteiger partial charge on any atom is -0.326 e. The summed E-state index contributed by atoms with van der Waals surface area (Å²) in [7, 11) is -3.13. The summed E-state index contributed by atoms with van der Waals surface area (Å²) in [5.41, 5.74) is 0. The fraction of sp³-hybridized carbons (Fsp3) is 0. The summed E-state index contributed by atoms with van der Waals surface area (Å²) in [5.74, 6) is 0. The van der Waals surface area contributed by atoms with Crippen molar-refractivity contribution >= 4 is 8.25 Å². The largest absolute Gasteiger partial charge is 1.00 e. The van der Waals surface area contributed by atoms with E-state index in [0.717, 1.165) is 0 Å². The molecule has 0 heterocycles. The fourth-order valence-corrected chi connectivity index (χ4v) is 0. The van der Waals surface area contributed by atoms with E-state index >= 15 is 0 Å². The van der Waals surface area contributed by atoms with E-state index in [0.29, 0.717) is 0 Å². The van der Waals surface area contributed by atoms with Crippen molar-refractivity contribution in [1.29, 1.82) is 0 Å². The first-order valence-corrected chi connectivity index (χ1v) is 1.95. The minimum atomic E-state index is -3.13. The predicted molar refractivity (Wildman–Crippen MR) is 15.7 cm³/mol. The molecular formula is H5NaO3P+3. The van der Waals surface area contributed by atoms with Crippen LogP contribution in [0.3, 0.4) is 0 Å². The number of hydrogen-bond donors (Lipinski definition) is 2. The van der Waals surface area contributed by atoms with Gasteiger partial charge in [0.25, 0.3) is 0 Å². The Kier molecular flexibility index (Phi) is 9.76. The Morgan fingerprint density at radius 3 is 1.60 bits per heavy atom. The van der Waals surface area contributed by atoms with Crippen molar-refractivity contribution in [3.63, 3.8) is 0 Å². The first-order valence-electron chi connectivity index (χ1n) is 0.651. The van der Waals surface area contributed by atoms with Gasteiger partial charge in [-0.2, -0.15) is 0 Å². The van der Waals surface area contributed by atoms with E-state index in [1.54, 1.807) is 0 Å². The molecule has 0 aromatic carbocycles. The molecule has 0 unspecified atom stereocenters. The molecule has 3 nitrogen and oxygen atoms in total. The summed E-state index contributed by atoms with van der Waals surface area (Å²) in [4.78, 5) is 14.3. The molecule has 0 rings (SSSR count). The number of rotatable bonds is 0. The van der Waals surface area contributed by atoms with Crippen molar-refractivity contribution in [2.45, 2.75) is 0 Å². The quantitative estimate of drug-likeness (QED) is 0.250. The van der Waals surface area contributed by atoms with Crippen molar-refractivity contribution in [3.8, 4) is 0 Å². The Labute approximate surface area is 55.2 Å². The summed E-state index contributed by atoms with van der Waals surface area (Å²) >= 11 is 0. The molecule has 0 aliphatic heterocycles. The molecule has 0 saturated heterocycles. The van der Waals surface area contributed by atoms with E-state index in [9.17, 15) is 0 Å². The predicted octanol–water partition coefficient (Wildman–Crippen LogP) is -3.41. The van der Waals surface area contributed by atoms with E-state index in [1.807, 2.05) is 0 Å². The zero-order valence-electron chi connectivity index (χ0n) is 4.80. The molecule has 26 valence electrons. The van der Waals surface area contributed by atoms with Gasteiger partial charge in [-0.3, -0.25) is 4.57 Å². The van der Waals surface area contributed by atoms with Crippen molar-refractivity contribution in [1.82, 2.24) is 0 Å². The fourth-order valence-electron chi connectivity index (χ4n) is 0. The van der Waals surface area contributed by atoms with E-state index < -0.39 is 8.25 Å². The molecule has 0 aliphatic rings. The summed E-state index contributed by atoms with van der Waals surface area (Å²) in [6.45, 7) is 0. The zero-order chi connectivity index (χ0) is 3.58. The van der Waals surface area contributed by atoms with Crippen LogP contribution in [0.5, 0.6) is 0 Å². The maximum atomic E-state index is 8.74. The first kappa shape index (κ1) is 9.47. The molecule has 0 spiro atoms. The van der Waals surface area contributed by atoms with Crippen LogP contribution in [0.2, 0.25) is 0 Å². The molecule has 0 saturated carbocycles. The summed E-state index contributed by atoms with van der Waals surface area (Å²) < 4.78 is 8.74. The maximum absolute atomic E-state index is 8.74. The van der Waals surface area contributed by atoms with Crippen molar-refractivity contribution in [2.75, 3.05) is 0 Å². The molecule has 5 heteroatoms. The van der Waals surface area contributed by atoms with E-state index in [1.165, 1.54) is 0 Å². The third-order valence-electron chi connectivity index (χ3n) is 0. The molecule has 0 aliphatic carbocycles. The molecular weight excluding hydrogens is 102 g/mol. The van der Waals surface area contributed by atoms with Crippen LogP contribution in [0.25, 0.3) is 0 Å². The second-order valence-corrected chi connectivity index (χ2v) is 0.848. The number of hydrogen-bond acceptors (Lipinski definition) is 1. The molecule has 0 radical (unpaired) electrons. The summed E-state index contributed by atoms with van der Waals surface area (Å²) in [6.07, 6.45) is 0. The van der Waals surface area contributed by atoms with Gasteiger partial charge in [-0.25, -0.2) is 0 Å². The van der Waals surface area contributed by atoms with Gasteiger partial charge in [0.15, 0.2) is 0 Å². The molecule has 0 aromatic rings. The third-order valence-corrected chi connectivity index (χ3v) is 0. The van der Waals surface area contributed by atoms with Gasteiger partial charge in [-0.15, -0.1) is 0 Å². The standard InChI is InChI=1S/Na.H3O3P/c;1-4(2)3/h;4H,(H2,1,2,3)/q+1;/p+2. The normalized spacial score (nSPS) is 7.00. The van der Waals surface area contributed by atoms with Gasteiger partial charge in [-0.1, -0.05) is 0 Å². The summed E-state index contributed by atoms with van der Waals surface area (Å²) in [6, 6.07) is 0. The average Bonchev–Trinajstić information content (AvgIpc) is 0.811. The summed E-state index contributed by atoms with van der Waals surface area (Å²) in [5, 5.41) is 0. The van der Waals surface area contributed by atoms with E-state index in [2.05, 4.69) is 0 Å². The van der Waals surface area contributed by atoms with Crippen molar-refractivity contribution < 1.29 is 46.8 Å². The Morgan fingerprint density at radius 1 is 1.60 bits per heavy atom. The van der Waals surface area contributed by atoms with Crippen LogP contribution in [0.4, 0.5) is 0 Å². The smallest absolute Gasteiger partial charge is 0.326 e. The maximum Gasteiger partial charge on any atom is 1.00 e. The SMILES string of the molecule is O=[PH](O)O.[H+].[H+].[Na+]. The zero-order valence-corrected chi connectivity index (χ0v) is 5.80. The monoisotopic (exact) mass is 107 g/mol. The molecule has 2 N–H and O–H groups in total. The Morgan fingerprint density at radius 2 is 1.60 bits per heavy atom. The molecule has 0 fully saturated rings. The van der Waals surface area contributed by atoms with Gasteiger partial charge in [0.2, 0.25) is 0 Å². The molecule has 0 bridgehead atoms.